The Morgan fingerprint density at radius 3 is 2.36 bits per heavy atom. The quantitative estimate of drug-likeness (QED) is 0.151. The third kappa shape index (κ3) is 6.61. The zero-order valence-electron chi connectivity index (χ0n) is 28.7. The molecule has 2 aromatic heterocycles. The summed E-state index contributed by atoms with van der Waals surface area (Å²) in [5.74, 6) is 0.117. The molecule has 3 heterocycles. The summed E-state index contributed by atoms with van der Waals surface area (Å²) >= 11 is 1.21. The molecule has 1 atom stereocenters. The second kappa shape index (κ2) is 14.0. The maximum Gasteiger partial charge on any atom is 0.338 e. The Morgan fingerprint density at radius 1 is 0.960 bits per heavy atom. The number of benzene rings is 3. The number of methoxy groups -OCH3 is 2. The number of allylic oxidation sites excluding steroid dienone is 1. The number of thiazole rings is 1. The first-order valence-electron chi connectivity index (χ1n) is 15.9. The zero-order chi connectivity index (χ0) is 35.7. The number of carbonyl (C=O) groups excluding carboxylic acids is 2. The number of fused-ring (bicyclic) bond motifs is 1. The fraction of sp³-hybridized carbons (Fsp3) is 0.237. The van der Waals surface area contributed by atoms with Crippen molar-refractivity contribution in [2.45, 2.75) is 46.8 Å². The van der Waals surface area contributed by atoms with Gasteiger partial charge in [0.15, 0.2) is 16.3 Å². The van der Waals surface area contributed by atoms with Gasteiger partial charge in [0.1, 0.15) is 11.4 Å². The van der Waals surface area contributed by atoms with E-state index in [0.717, 1.165) is 22.6 Å². The molecule has 0 saturated carbocycles. The van der Waals surface area contributed by atoms with Gasteiger partial charge in [-0.3, -0.25) is 14.2 Å². The van der Waals surface area contributed by atoms with Gasteiger partial charge in [0.2, 0.25) is 0 Å². The van der Waals surface area contributed by atoms with Crippen molar-refractivity contribution in [1.29, 1.82) is 0 Å². The van der Waals surface area contributed by atoms with Crippen molar-refractivity contribution in [3.63, 3.8) is 0 Å². The van der Waals surface area contributed by atoms with Crippen LogP contribution >= 0.6 is 11.3 Å². The molecule has 3 aromatic carbocycles. The smallest absolute Gasteiger partial charge is 0.338 e. The molecule has 1 aliphatic rings. The first-order chi connectivity index (χ1) is 24.0. The molecule has 0 aliphatic carbocycles. The minimum absolute atomic E-state index is 0.0264. The summed E-state index contributed by atoms with van der Waals surface area (Å²) in [4.78, 5) is 44.4. The van der Waals surface area contributed by atoms with Crippen LogP contribution in [0.5, 0.6) is 17.2 Å². The van der Waals surface area contributed by atoms with Crippen molar-refractivity contribution < 1.29 is 28.5 Å². The van der Waals surface area contributed by atoms with Gasteiger partial charge < -0.3 is 18.9 Å². The van der Waals surface area contributed by atoms with Gasteiger partial charge in [-0.25, -0.2) is 14.5 Å². The highest BCUT2D eigenvalue weighted by Gasteiger charge is 2.34. The Hall–Kier alpha value is -5.75. The first kappa shape index (κ1) is 34.1. The predicted octanol–water partition coefficient (Wildman–Crippen LogP) is 5.29. The molecule has 12 heteroatoms. The maximum absolute atomic E-state index is 14.4. The van der Waals surface area contributed by atoms with Crippen molar-refractivity contribution in [3.8, 4) is 34.2 Å². The van der Waals surface area contributed by atoms with Crippen LogP contribution in [-0.4, -0.2) is 46.6 Å². The van der Waals surface area contributed by atoms with Crippen molar-refractivity contribution in [1.82, 2.24) is 14.3 Å². The molecule has 50 heavy (non-hydrogen) atoms. The molecule has 256 valence electrons. The number of hydrogen-bond donors (Lipinski definition) is 0. The Kier molecular flexibility index (Phi) is 9.56. The molecule has 0 fully saturated rings. The molecule has 0 radical (unpaired) electrons. The van der Waals surface area contributed by atoms with Gasteiger partial charge in [-0.2, -0.15) is 5.10 Å². The number of ether oxygens (including phenoxy) is 4. The van der Waals surface area contributed by atoms with Crippen molar-refractivity contribution in [2.75, 3.05) is 14.2 Å². The highest BCUT2D eigenvalue weighted by atomic mass is 32.1. The van der Waals surface area contributed by atoms with E-state index in [0.29, 0.717) is 31.9 Å². The summed E-state index contributed by atoms with van der Waals surface area (Å²) in [5, 5.41) is 4.96. The largest absolute Gasteiger partial charge is 0.493 e. The van der Waals surface area contributed by atoms with Gasteiger partial charge in [0.05, 0.1) is 47.9 Å². The molecular formula is C38H36N4O7S. The summed E-state index contributed by atoms with van der Waals surface area (Å²) in [6, 6.07) is 19.6. The lowest BCUT2D eigenvalue weighted by molar-refractivity contribution is -0.136. The third-order valence-electron chi connectivity index (χ3n) is 8.05. The number of aromatic nitrogens is 3. The number of rotatable bonds is 9. The Labute approximate surface area is 292 Å². The predicted molar refractivity (Wildman–Crippen MR) is 190 cm³/mol. The van der Waals surface area contributed by atoms with E-state index in [1.165, 1.54) is 37.0 Å². The van der Waals surface area contributed by atoms with Crippen molar-refractivity contribution in [2.24, 2.45) is 4.99 Å². The Morgan fingerprint density at radius 2 is 1.70 bits per heavy atom. The van der Waals surface area contributed by atoms with E-state index >= 15 is 0 Å². The summed E-state index contributed by atoms with van der Waals surface area (Å²) in [7, 11) is 2.73. The molecule has 0 spiro atoms. The van der Waals surface area contributed by atoms with Crippen LogP contribution in [0, 0.1) is 6.92 Å². The summed E-state index contributed by atoms with van der Waals surface area (Å²) in [6.07, 6.45) is 3.72. The molecule has 11 nitrogen and oxygen atoms in total. The molecule has 0 amide bonds. The average molecular weight is 693 g/mol. The van der Waals surface area contributed by atoms with Crippen LogP contribution in [0.2, 0.25) is 0 Å². The van der Waals surface area contributed by atoms with Crippen LogP contribution in [0.3, 0.4) is 0 Å². The number of esters is 2. The van der Waals surface area contributed by atoms with Crippen LogP contribution in [0.15, 0.2) is 94.0 Å². The van der Waals surface area contributed by atoms with Crippen LogP contribution in [0.1, 0.15) is 50.4 Å². The zero-order valence-corrected chi connectivity index (χ0v) is 29.5. The van der Waals surface area contributed by atoms with Gasteiger partial charge in [0.25, 0.3) is 5.56 Å². The number of carbonyl (C=O) groups is 2. The van der Waals surface area contributed by atoms with Crippen LogP contribution in [0.25, 0.3) is 23.0 Å². The standard InChI is InChI=1S/C38H36N4O7S/c1-21(2)48-29-15-13-25(17-22(29)3)34-27(20-41(40-34)28-11-9-8-10-12-28)19-32-36(44)42-35(33(37(45)47-7)23(4)39-38(42)50-32)26-14-16-30(49-24(5)43)31(18-26)46-6/h8-21,35H,1-7H3/b32-19-/t35-/m0/s1. The number of nitrogens with zero attached hydrogens (tertiary/aromatic N) is 4. The van der Waals surface area contributed by atoms with Gasteiger partial charge in [0, 0.05) is 24.2 Å². The molecule has 6 rings (SSSR count). The van der Waals surface area contributed by atoms with E-state index in [9.17, 15) is 14.4 Å². The number of aryl methyl sites for hydroxylation is 1. The lowest BCUT2D eigenvalue weighted by Gasteiger charge is -2.25. The summed E-state index contributed by atoms with van der Waals surface area (Å²) < 4.78 is 25.6. The fourth-order valence-corrected chi connectivity index (χ4v) is 6.89. The van der Waals surface area contributed by atoms with E-state index in [2.05, 4.69) is 4.99 Å². The SMILES string of the molecule is COC(=O)C1=C(C)N=c2s/c(=C\c3cn(-c4ccccc4)nc3-c3ccc(OC(C)C)c(C)c3)c(=O)n2[C@H]1c1ccc(OC(C)=O)c(OC)c1. The summed E-state index contributed by atoms with van der Waals surface area (Å²) in [5.41, 5.74) is 4.85. The first-order valence-corrected chi connectivity index (χ1v) is 16.7. The second-order valence-corrected chi connectivity index (χ2v) is 12.9. The van der Waals surface area contributed by atoms with Crippen molar-refractivity contribution >= 4 is 29.4 Å². The third-order valence-corrected chi connectivity index (χ3v) is 9.03. The van der Waals surface area contributed by atoms with Crippen LogP contribution in [-0.2, 0) is 14.3 Å². The van der Waals surface area contributed by atoms with E-state index in [1.807, 2.05) is 75.5 Å². The minimum Gasteiger partial charge on any atom is -0.493 e. The lowest BCUT2D eigenvalue weighted by Crippen LogP contribution is -2.39. The molecule has 5 aromatic rings. The van der Waals surface area contributed by atoms with E-state index in [1.54, 1.807) is 35.9 Å². The van der Waals surface area contributed by atoms with E-state index < -0.39 is 18.0 Å². The molecule has 0 bridgehead atoms. The molecule has 0 unspecified atom stereocenters. The summed E-state index contributed by atoms with van der Waals surface area (Å²) in [6.45, 7) is 8.95. The van der Waals surface area contributed by atoms with Crippen LogP contribution < -0.4 is 29.1 Å². The highest BCUT2D eigenvalue weighted by molar-refractivity contribution is 7.07. The lowest BCUT2D eigenvalue weighted by atomic mass is 9.95. The Bertz CT molecular complexity index is 2330. The van der Waals surface area contributed by atoms with Gasteiger partial charge in [-0.15, -0.1) is 0 Å². The minimum atomic E-state index is -0.899. The van der Waals surface area contributed by atoms with E-state index in [4.69, 9.17) is 24.0 Å². The Balaban J connectivity index is 1.55. The van der Waals surface area contributed by atoms with E-state index in [-0.39, 0.29) is 28.7 Å². The molecular weight excluding hydrogens is 657 g/mol. The topological polar surface area (TPSA) is 123 Å². The number of para-hydroxylation sites is 1. The average Bonchev–Trinajstić information content (AvgIpc) is 3.65. The molecule has 0 saturated heterocycles. The maximum atomic E-state index is 14.4. The second-order valence-electron chi connectivity index (χ2n) is 11.9. The monoisotopic (exact) mass is 692 g/mol. The van der Waals surface area contributed by atoms with Crippen LogP contribution in [0.4, 0.5) is 0 Å². The van der Waals surface area contributed by atoms with Gasteiger partial charge >= 0.3 is 11.9 Å². The number of hydrogen-bond acceptors (Lipinski definition) is 10. The highest BCUT2D eigenvalue weighted by Crippen LogP contribution is 2.36. The molecule has 0 N–H and O–H groups in total. The fourth-order valence-electron chi connectivity index (χ4n) is 5.86. The van der Waals surface area contributed by atoms with Gasteiger partial charge in [-0.1, -0.05) is 35.6 Å². The van der Waals surface area contributed by atoms with Crippen molar-refractivity contribution in [3.05, 3.63) is 121 Å². The van der Waals surface area contributed by atoms with Gasteiger partial charge in [-0.05, 0) is 87.4 Å². The molecule has 1 aliphatic heterocycles. The normalized spacial score (nSPS) is 14.3.